The van der Waals surface area contributed by atoms with E-state index in [0.717, 1.165) is 31.2 Å². The maximum Gasteiger partial charge on any atom is 0.262 e. The van der Waals surface area contributed by atoms with Gasteiger partial charge in [0.25, 0.3) is 11.1 Å². The first-order valence-electron chi connectivity index (χ1n) is 10.8. The zero-order valence-electron chi connectivity index (χ0n) is 17.8. The van der Waals surface area contributed by atoms with E-state index in [1.807, 2.05) is 23.6 Å². The Morgan fingerprint density at radius 1 is 1.06 bits per heavy atom. The predicted molar refractivity (Wildman–Crippen MR) is 129 cm³/mol. The first-order chi connectivity index (χ1) is 15.5. The highest BCUT2D eigenvalue weighted by Crippen LogP contribution is 2.32. The summed E-state index contributed by atoms with van der Waals surface area (Å²) in [6, 6.07) is 10.7. The lowest BCUT2D eigenvalue weighted by Crippen LogP contribution is -2.29. The average molecular weight is 467 g/mol. The van der Waals surface area contributed by atoms with E-state index in [1.165, 1.54) is 18.2 Å². The lowest BCUT2D eigenvalue weighted by molar-refractivity contribution is 0.326. The normalized spacial score (nSPS) is 14.9. The van der Waals surface area contributed by atoms with Crippen molar-refractivity contribution >= 4 is 39.9 Å². The fourth-order valence-corrected chi connectivity index (χ4v) is 5.51. The van der Waals surface area contributed by atoms with Crippen LogP contribution in [0, 0.1) is 6.92 Å². The van der Waals surface area contributed by atoms with Crippen LogP contribution < -0.4 is 11.1 Å². The van der Waals surface area contributed by atoms with Crippen molar-refractivity contribution in [1.82, 2.24) is 18.9 Å². The van der Waals surface area contributed by atoms with Crippen LogP contribution in [-0.4, -0.2) is 18.9 Å². The third-order valence-corrected chi connectivity index (χ3v) is 7.20. The Hall–Kier alpha value is -2.64. The number of aromatic nitrogens is 4. The zero-order valence-corrected chi connectivity index (χ0v) is 19.3. The van der Waals surface area contributed by atoms with E-state index in [-0.39, 0.29) is 17.2 Å². The number of hydrogen-bond acceptors (Lipinski definition) is 5. The molecular weight excluding hydrogens is 444 g/mol. The van der Waals surface area contributed by atoms with Gasteiger partial charge in [-0.1, -0.05) is 48.7 Å². The molecule has 1 fully saturated rings. The van der Waals surface area contributed by atoms with Crippen LogP contribution in [0.4, 0.5) is 0 Å². The molecule has 0 spiro atoms. The second kappa shape index (κ2) is 8.71. The molecule has 4 aromatic rings. The van der Waals surface area contributed by atoms with Crippen LogP contribution in [0.1, 0.15) is 49.4 Å². The Morgan fingerprint density at radius 3 is 2.69 bits per heavy atom. The fraction of sp³-hybridized carbons (Fsp3) is 0.333. The van der Waals surface area contributed by atoms with Gasteiger partial charge in [0, 0.05) is 29.1 Å². The minimum Gasteiger partial charge on any atom is -0.284 e. The van der Waals surface area contributed by atoms with E-state index in [1.54, 1.807) is 34.9 Å². The summed E-state index contributed by atoms with van der Waals surface area (Å²) in [5.74, 6) is 0.449. The monoisotopic (exact) mass is 466 g/mol. The van der Waals surface area contributed by atoms with Crippen molar-refractivity contribution in [2.45, 2.75) is 56.0 Å². The molecule has 1 aliphatic rings. The fourth-order valence-electron chi connectivity index (χ4n) is 4.39. The van der Waals surface area contributed by atoms with Gasteiger partial charge in [-0.15, -0.1) is 0 Å². The zero-order chi connectivity index (χ0) is 22.2. The number of nitrogens with zero attached hydrogens (tertiary/aromatic N) is 4. The summed E-state index contributed by atoms with van der Waals surface area (Å²) >= 11 is 7.61. The number of hydrogen-bond donors (Lipinski definition) is 0. The van der Waals surface area contributed by atoms with Crippen LogP contribution >= 0.6 is 23.4 Å². The van der Waals surface area contributed by atoms with Gasteiger partial charge in [0.05, 0.1) is 16.6 Å². The Bertz CT molecular complexity index is 1440. The van der Waals surface area contributed by atoms with E-state index in [2.05, 4.69) is 4.98 Å². The molecule has 0 bridgehead atoms. The number of halogens is 1. The van der Waals surface area contributed by atoms with Crippen LogP contribution in [0.25, 0.3) is 16.6 Å². The molecular formula is C24H23ClN4O2S. The van der Waals surface area contributed by atoms with Gasteiger partial charge < -0.3 is 0 Å². The Labute approximate surface area is 194 Å². The molecule has 0 atom stereocenters. The lowest BCUT2D eigenvalue weighted by atomic mass is 9.95. The van der Waals surface area contributed by atoms with Crippen molar-refractivity contribution in [3.63, 3.8) is 0 Å². The van der Waals surface area contributed by atoms with Gasteiger partial charge in [0.15, 0.2) is 5.16 Å². The van der Waals surface area contributed by atoms with Gasteiger partial charge in [0.1, 0.15) is 5.65 Å². The molecule has 8 heteroatoms. The van der Waals surface area contributed by atoms with Gasteiger partial charge in [-0.25, -0.2) is 9.97 Å². The van der Waals surface area contributed by atoms with Crippen molar-refractivity contribution in [2.24, 2.45) is 0 Å². The van der Waals surface area contributed by atoms with E-state index in [4.69, 9.17) is 16.6 Å². The third kappa shape index (κ3) is 4.07. The summed E-state index contributed by atoms with van der Waals surface area (Å²) < 4.78 is 3.41. The molecule has 5 rings (SSSR count). The highest BCUT2D eigenvalue weighted by molar-refractivity contribution is 7.98. The van der Waals surface area contributed by atoms with E-state index in [0.29, 0.717) is 38.2 Å². The van der Waals surface area contributed by atoms with Crippen LogP contribution in [0.3, 0.4) is 0 Å². The molecule has 0 unspecified atom stereocenters. The molecule has 0 radical (unpaired) electrons. The number of fused-ring (bicyclic) bond motifs is 2. The van der Waals surface area contributed by atoms with Gasteiger partial charge in [-0.3, -0.25) is 18.6 Å². The van der Waals surface area contributed by atoms with Crippen LogP contribution in [0.2, 0.25) is 5.02 Å². The highest BCUT2D eigenvalue weighted by Gasteiger charge is 2.22. The largest absolute Gasteiger partial charge is 0.284 e. The summed E-state index contributed by atoms with van der Waals surface area (Å²) in [5.41, 5.74) is 2.74. The van der Waals surface area contributed by atoms with Crippen LogP contribution in [-0.2, 0) is 5.75 Å². The maximum absolute atomic E-state index is 13.4. The molecule has 3 heterocycles. The summed E-state index contributed by atoms with van der Waals surface area (Å²) in [5, 5.41) is 1.79. The molecule has 0 N–H and O–H groups in total. The molecule has 164 valence electrons. The smallest absolute Gasteiger partial charge is 0.262 e. The number of pyridine rings is 1. The SMILES string of the molecule is Cc1ccc2nc(CSc3nc4cc(Cl)ccc4c(=O)n3C3CCCCC3)cc(=O)n2c1. The van der Waals surface area contributed by atoms with Crippen LogP contribution in [0.5, 0.6) is 0 Å². The molecule has 0 amide bonds. The summed E-state index contributed by atoms with van der Waals surface area (Å²) in [6.45, 7) is 1.94. The van der Waals surface area contributed by atoms with E-state index in [9.17, 15) is 9.59 Å². The topological polar surface area (TPSA) is 69.3 Å². The third-order valence-electron chi connectivity index (χ3n) is 5.98. The Morgan fingerprint density at radius 2 is 1.88 bits per heavy atom. The lowest BCUT2D eigenvalue weighted by Gasteiger charge is -2.26. The Kier molecular flexibility index (Phi) is 5.78. The van der Waals surface area contributed by atoms with Gasteiger partial charge in [-0.05, 0) is 49.6 Å². The molecule has 1 aromatic carbocycles. The molecule has 6 nitrogen and oxygen atoms in total. The van der Waals surface area contributed by atoms with Crippen molar-refractivity contribution in [3.05, 3.63) is 79.6 Å². The predicted octanol–water partition coefficient (Wildman–Crippen LogP) is 5.16. The first-order valence-corrected chi connectivity index (χ1v) is 12.2. The maximum atomic E-state index is 13.4. The second-order valence-corrected chi connectivity index (χ2v) is 9.71. The minimum absolute atomic E-state index is 0.0249. The van der Waals surface area contributed by atoms with Crippen molar-refractivity contribution < 1.29 is 0 Å². The van der Waals surface area contributed by atoms with Gasteiger partial charge in [0.2, 0.25) is 0 Å². The quantitative estimate of drug-likeness (QED) is 0.307. The summed E-state index contributed by atoms with van der Waals surface area (Å²) in [7, 11) is 0. The molecule has 32 heavy (non-hydrogen) atoms. The van der Waals surface area contributed by atoms with Crippen molar-refractivity contribution in [1.29, 1.82) is 0 Å². The number of benzene rings is 1. The molecule has 1 saturated carbocycles. The number of aryl methyl sites for hydroxylation is 1. The van der Waals surface area contributed by atoms with Crippen LogP contribution in [0.15, 0.2) is 57.3 Å². The second-order valence-electron chi connectivity index (χ2n) is 8.33. The number of thioether (sulfide) groups is 1. The van der Waals surface area contributed by atoms with Gasteiger partial charge >= 0.3 is 0 Å². The Balaban J connectivity index is 1.55. The molecule has 3 aromatic heterocycles. The highest BCUT2D eigenvalue weighted by atomic mass is 35.5. The molecule has 0 saturated heterocycles. The van der Waals surface area contributed by atoms with Crippen molar-refractivity contribution in [2.75, 3.05) is 0 Å². The van der Waals surface area contributed by atoms with Gasteiger partial charge in [-0.2, -0.15) is 0 Å². The first kappa shape index (κ1) is 21.2. The average Bonchev–Trinajstić information content (AvgIpc) is 2.78. The standard InChI is InChI=1S/C24H23ClN4O2S/c1-15-7-10-21-26-17(12-22(30)28(21)13-15)14-32-24-27-20-11-16(25)8-9-19(20)23(31)29(24)18-5-3-2-4-6-18/h7-13,18H,2-6,14H2,1H3. The van der Waals surface area contributed by atoms with Crippen molar-refractivity contribution in [3.8, 4) is 0 Å². The van der Waals surface area contributed by atoms with E-state index < -0.39 is 0 Å². The number of rotatable bonds is 4. The molecule has 1 aliphatic carbocycles. The summed E-state index contributed by atoms with van der Waals surface area (Å²) in [4.78, 5) is 35.5. The molecule has 0 aliphatic heterocycles. The van der Waals surface area contributed by atoms with E-state index >= 15 is 0 Å². The minimum atomic E-state index is -0.114. The summed E-state index contributed by atoms with van der Waals surface area (Å²) in [6.07, 6.45) is 7.17.